The molecular formula is C18H18BrN3O2. The number of anilines is 1. The van der Waals surface area contributed by atoms with Crippen LogP contribution in [0.2, 0.25) is 0 Å². The van der Waals surface area contributed by atoms with Gasteiger partial charge in [0.25, 0.3) is 0 Å². The van der Waals surface area contributed by atoms with Crippen LogP contribution in [0.15, 0.2) is 47.1 Å². The Morgan fingerprint density at radius 3 is 2.96 bits per heavy atom. The van der Waals surface area contributed by atoms with E-state index < -0.39 is 5.92 Å². The van der Waals surface area contributed by atoms with E-state index in [2.05, 4.69) is 26.2 Å². The zero-order valence-electron chi connectivity index (χ0n) is 13.3. The molecule has 0 bridgehead atoms. The monoisotopic (exact) mass is 387 g/mol. The number of amides is 2. The number of aryl methyl sites for hydroxylation is 1. The molecule has 2 aromatic rings. The molecule has 1 aliphatic heterocycles. The average Bonchev–Trinajstić information content (AvgIpc) is 2.97. The fraction of sp³-hybridized carbons (Fsp3) is 0.278. The molecule has 0 saturated carbocycles. The molecule has 1 aromatic heterocycles. The molecular weight excluding hydrogens is 370 g/mol. The Kier molecular flexibility index (Phi) is 4.94. The summed E-state index contributed by atoms with van der Waals surface area (Å²) in [4.78, 5) is 30.9. The quantitative estimate of drug-likeness (QED) is 0.820. The first-order valence-electron chi connectivity index (χ1n) is 7.81. The SMILES string of the molecule is Cc1ccc(Br)cc1N1CC[C@H](C(=O)NCc2ccccn2)C1=O. The molecule has 2 heterocycles. The minimum Gasteiger partial charge on any atom is -0.350 e. The van der Waals surface area contributed by atoms with Crippen LogP contribution >= 0.6 is 15.9 Å². The first-order chi connectivity index (χ1) is 11.6. The molecule has 3 rings (SSSR count). The van der Waals surface area contributed by atoms with Crippen LogP contribution < -0.4 is 10.2 Å². The molecule has 24 heavy (non-hydrogen) atoms. The molecule has 1 aromatic carbocycles. The summed E-state index contributed by atoms with van der Waals surface area (Å²) < 4.78 is 0.916. The Morgan fingerprint density at radius 2 is 2.21 bits per heavy atom. The smallest absolute Gasteiger partial charge is 0.239 e. The number of nitrogens with zero attached hydrogens (tertiary/aromatic N) is 2. The lowest BCUT2D eigenvalue weighted by atomic mass is 10.1. The van der Waals surface area contributed by atoms with Gasteiger partial charge in [-0.1, -0.05) is 28.1 Å². The van der Waals surface area contributed by atoms with Gasteiger partial charge >= 0.3 is 0 Å². The van der Waals surface area contributed by atoms with E-state index in [-0.39, 0.29) is 11.8 Å². The predicted octanol–water partition coefficient (Wildman–Crippen LogP) is 2.82. The molecule has 1 aliphatic rings. The molecule has 2 amide bonds. The summed E-state index contributed by atoms with van der Waals surface area (Å²) in [5, 5.41) is 2.81. The first-order valence-corrected chi connectivity index (χ1v) is 8.60. The second kappa shape index (κ2) is 7.13. The van der Waals surface area contributed by atoms with E-state index in [1.807, 2.05) is 43.3 Å². The highest BCUT2D eigenvalue weighted by Crippen LogP contribution is 2.30. The number of nitrogens with one attached hydrogen (secondary N) is 1. The molecule has 0 radical (unpaired) electrons. The lowest BCUT2D eigenvalue weighted by molar-refractivity contribution is -0.132. The largest absolute Gasteiger partial charge is 0.350 e. The fourth-order valence-corrected chi connectivity index (χ4v) is 3.19. The van der Waals surface area contributed by atoms with E-state index in [0.29, 0.717) is 19.5 Å². The van der Waals surface area contributed by atoms with Crippen molar-refractivity contribution in [2.24, 2.45) is 5.92 Å². The highest BCUT2D eigenvalue weighted by atomic mass is 79.9. The maximum atomic E-state index is 12.7. The van der Waals surface area contributed by atoms with Crippen molar-refractivity contribution in [3.8, 4) is 0 Å². The number of pyridine rings is 1. The standard InChI is InChI=1S/C18H18BrN3O2/c1-12-5-6-13(19)10-16(12)22-9-7-15(18(22)24)17(23)21-11-14-4-2-3-8-20-14/h2-6,8,10,15H,7,9,11H2,1H3,(H,21,23)/t15-/m1/s1. The van der Waals surface area contributed by atoms with Gasteiger partial charge in [-0.25, -0.2) is 0 Å². The van der Waals surface area contributed by atoms with E-state index in [1.165, 1.54) is 0 Å². The van der Waals surface area contributed by atoms with Crippen LogP contribution in [0.4, 0.5) is 5.69 Å². The Morgan fingerprint density at radius 1 is 1.38 bits per heavy atom. The number of benzene rings is 1. The third-order valence-corrected chi connectivity index (χ3v) is 4.65. The molecule has 0 spiro atoms. The Labute approximate surface area is 149 Å². The molecule has 0 aliphatic carbocycles. The molecule has 124 valence electrons. The van der Waals surface area contributed by atoms with Gasteiger partial charge in [-0.3, -0.25) is 14.6 Å². The van der Waals surface area contributed by atoms with E-state index in [1.54, 1.807) is 11.1 Å². The van der Waals surface area contributed by atoms with Crippen molar-refractivity contribution in [3.05, 3.63) is 58.3 Å². The molecule has 1 atom stereocenters. The maximum absolute atomic E-state index is 12.7. The molecule has 0 unspecified atom stereocenters. The third kappa shape index (κ3) is 3.48. The van der Waals surface area contributed by atoms with Crippen LogP contribution in [-0.4, -0.2) is 23.3 Å². The zero-order valence-corrected chi connectivity index (χ0v) is 14.9. The van der Waals surface area contributed by atoms with Crippen molar-refractivity contribution >= 4 is 33.4 Å². The highest BCUT2D eigenvalue weighted by Gasteiger charge is 2.37. The first kappa shape index (κ1) is 16.6. The number of carbonyl (C=O) groups excluding carboxylic acids is 2. The molecule has 1 fully saturated rings. The van der Waals surface area contributed by atoms with Crippen LogP contribution in [0, 0.1) is 12.8 Å². The van der Waals surface area contributed by atoms with Crippen LogP contribution in [0.1, 0.15) is 17.7 Å². The summed E-state index contributed by atoms with van der Waals surface area (Å²) >= 11 is 3.43. The van der Waals surface area contributed by atoms with Gasteiger partial charge in [0.2, 0.25) is 11.8 Å². The number of carbonyl (C=O) groups is 2. The predicted molar refractivity (Wildman–Crippen MR) is 95.4 cm³/mol. The van der Waals surface area contributed by atoms with Gasteiger partial charge < -0.3 is 10.2 Å². The molecule has 6 heteroatoms. The van der Waals surface area contributed by atoms with E-state index in [0.717, 1.165) is 21.4 Å². The minimum atomic E-state index is -0.632. The van der Waals surface area contributed by atoms with Crippen LogP contribution in [0.25, 0.3) is 0 Å². The van der Waals surface area contributed by atoms with Gasteiger partial charge in [0.15, 0.2) is 0 Å². The Hall–Kier alpha value is -2.21. The zero-order chi connectivity index (χ0) is 17.1. The van der Waals surface area contributed by atoms with Crippen molar-refractivity contribution < 1.29 is 9.59 Å². The highest BCUT2D eigenvalue weighted by molar-refractivity contribution is 9.10. The van der Waals surface area contributed by atoms with E-state index in [4.69, 9.17) is 0 Å². The Bertz CT molecular complexity index is 764. The van der Waals surface area contributed by atoms with E-state index >= 15 is 0 Å². The molecule has 5 nitrogen and oxygen atoms in total. The third-order valence-electron chi connectivity index (χ3n) is 4.15. The molecule has 1 N–H and O–H groups in total. The average molecular weight is 388 g/mol. The lowest BCUT2D eigenvalue weighted by Crippen LogP contribution is -2.36. The summed E-state index contributed by atoms with van der Waals surface area (Å²) in [5.74, 6) is -1.01. The van der Waals surface area contributed by atoms with Crippen LogP contribution in [-0.2, 0) is 16.1 Å². The van der Waals surface area contributed by atoms with Crippen molar-refractivity contribution in [3.63, 3.8) is 0 Å². The van der Waals surface area contributed by atoms with Crippen molar-refractivity contribution in [2.45, 2.75) is 19.9 Å². The fourth-order valence-electron chi connectivity index (χ4n) is 2.84. The second-order valence-corrected chi connectivity index (χ2v) is 6.72. The number of halogens is 1. The van der Waals surface area contributed by atoms with Gasteiger partial charge in [0, 0.05) is 22.9 Å². The van der Waals surface area contributed by atoms with Crippen molar-refractivity contribution in [1.82, 2.24) is 10.3 Å². The van der Waals surface area contributed by atoms with Gasteiger partial charge in [-0.15, -0.1) is 0 Å². The number of rotatable bonds is 4. The molecule has 1 saturated heterocycles. The van der Waals surface area contributed by atoms with Crippen LogP contribution in [0.3, 0.4) is 0 Å². The topological polar surface area (TPSA) is 62.3 Å². The van der Waals surface area contributed by atoms with Crippen LogP contribution in [0.5, 0.6) is 0 Å². The minimum absolute atomic E-state index is 0.144. The summed E-state index contributed by atoms with van der Waals surface area (Å²) in [7, 11) is 0. The van der Waals surface area contributed by atoms with E-state index in [9.17, 15) is 9.59 Å². The van der Waals surface area contributed by atoms with Gasteiger partial charge in [-0.05, 0) is 43.2 Å². The summed E-state index contributed by atoms with van der Waals surface area (Å²) in [6, 6.07) is 11.4. The van der Waals surface area contributed by atoms with Crippen molar-refractivity contribution in [2.75, 3.05) is 11.4 Å². The number of aromatic nitrogens is 1. The normalized spacial score (nSPS) is 17.2. The van der Waals surface area contributed by atoms with Crippen molar-refractivity contribution in [1.29, 1.82) is 0 Å². The Balaban J connectivity index is 1.67. The lowest BCUT2D eigenvalue weighted by Gasteiger charge is -2.19. The van der Waals surface area contributed by atoms with Gasteiger partial charge in [0.05, 0.1) is 12.2 Å². The summed E-state index contributed by atoms with van der Waals surface area (Å²) in [5.41, 5.74) is 2.64. The maximum Gasteiger partial charge on any atom is 0.239 e. The summed E-state index contributed by atoms with van der Waals surface area (Å²) in [6.45, 7) is 2.85. The number of hydrogen-bond donors (Lipinski definition) is 1. The second-order valence-electron chi connectivity index (χ2n) is 5.80. The number of hydrogen-bond acceptors (Lipinski definition) is 3. The summed E-state index contributed by atoms with van der Waals surface area (Å²) in [6.07, 6.45) is 2.21. The van der Waals surface area contributed by atoms with Gasteiger partial charge in [-0.2, -0.15) is 0 Å². The van der Waals surface area contributed by atoms with Gasteiger partial charge in [0.1, 0.15) is 5.92 Å².